The molecule has 10 nitrogen and oxygen atoms in total. The Balaban J connectivity index is 4.22. The predicted molar refractivity (Wildman–Crippen MR) is 101 cm³/mol. The molecule has 1 atom stereocenters. The Hall–Kier alpha value is -2.49. The molecule has 2 amide bonds. The van der Waals surface area contributed by atoms with Crippen molar-refractivity contribution in [1.82, 2.24) is 4.90 Å². The van der Waals surface area contributed by atoms with Gasteiger partial charge in [-0.1, -0.05) is 25.7 Å². The number of carbonyl (C=O) groups is 4. The maximum absolute atomic E-state index is 12.3. The number of aldehydes is 1. The Labute approximate surface area is 159 Å². The highest BCUT2D eigenvalue weighted by Crippen LogP contribution is 2.10. The van der Waals surface area contributed by atoms with Gasteiger partial charge in [-0.2, -0.15) is 0 Å². The van der Waals surface area contributed by atoms with Crippen molar-refractivity contribution in [3.63, 3.8) is 0 Å². The van der Waals surface area contributed by atoms with Crippen LogP contribution >= 0.6 is 0 Å². The number of unbranched alkanes of at least 4 members (excludes halogenated alkanes) is 5. The smallest absolute Gasteiger partial charge is 0.305 e. The maximum Gasteiger partial charge on any atom is 0.305 e. The summed E-state index contributed by atoms with van der Waals surface area (Å²) in [5.74, 6) is -2.33. The quantitative estimate of drug-likeness (QED) is 0.129. The van der Waals surface area contributed by atoms with Gasteiger partial charge in [0.05, 0.1) is 12.5 Å². The minimum absolute atomic E-state index is 0.00688. The van der Waals surface area contributed by atoms with Gasteiger partial charge in [0.2, 0.25) is 11.8 Å². The summed E-state index contributed by atoms with van der Waals surface area (Å²) < 4.78 is 0. The van der Waals surface area contributed by atoms with Crippen molar-refractivity contribution in [2.75, 3.05) is 13.1 Å². The largest absolute Gasteiger partial charge is 0.481 e. The molecule has 0 fully saturated rings. The van der Waals surface area contributed by atoms with E-state index in [1.165, 1.54) is 0 Å². The normalized spacial score (nSPS) is 11.4. The van der Waals surface area contributed by atoms with Gasteiger partial charge >= 0.3 is 5.97 Å². The van der Waals surface area contributed by atoms with E-state index in [0.29, 0.717) is 19.3 Å². The summed E-state index contributed by atoms with van der Waals surface area (Å²) in [6.07, 6.45) is 5.41. The summed E-state index contributed by atoms with van der Waals surface area (Å²) in [6, 6.07) is -1.30. The molecule has 0 aliphatic carbocycles. The SMILES string of the molecule is NC(N)=NCCCCCCCCC(=O)N(CCC=O)C(=O)[C@@H](N)CC(=O)O. The summed E-state index contributed by atoms with van der Waals surface area (Å²) in [7, 11) is 0. The lowest BCUT2D eigenvalue weighted by atomic mass is 10.1. The molecule has 0 aromatic rings. The number of carboxylic acids is 1. The van der Waals surface area contributed by atoms with E-state index in [2.05, 4.69) is 4.99 Å². The Morgan fingerprint density at radius 3 is 2.19 bits per heavy atom. The average molecular weight is 385 g/mol. The van der Waals surface area contributed by atoms with Crippen LogP contribution in [-0.2, 0) is 19.2 Å². The molecule has 0 heterocycles. The van der Waals surface area contributed by atoms with Gasteiger partial charge < -0.3 is 27.1 Å². The summed E-state index contributed by atoms with van der Waals surface area (Å²) in [5.41, 5.74) is 16.0. The molecule has 0 rings (SSSR count). The van der Waals surface area contributed by atoms with Gasteiger partial charge in [0, 0.05) is 25.9 Å². The van der Waals surface area contributed by atoms with E-state index in [0.717, 1.165) is 37.0 Å². The molecule has 154 valence electrons. The monoisotopic (exact) mass is 385 g/mol. The van der Waals surface area contributed by atoms with Crippen molar-refractivity contribution in [1.29, 1.82) is 0 Å². The lowest BCUT2D eigenvalue weighted by Crippen LogP contribution is -2.48. The van der Waals surface area contributed by atoms with E-state index in [9.17, 15) is 19.2 Å². The van der Waals surface area contributed by atoms with E-state index in [1.54, 1.807) is 0 Å². The van der Waals surface area contributed by atoms with Crippen LogP contribution in [0.2, 0.25) is 0 Å². The van der Waals surface area contributed by atoms with Crippen molar-refractivity contribution in [3.8, 4) is 0 Å². The second kappa shape index (κ2) is 14.7. The molecule has 0 aromatic heterocycles. The zero-order valence-electron chi connectivity index (χ0n) is 15.6. The number of hydrogen-bond donors (Lipinski definition) is 4. The molecule has 0 bridgehead atoms. The molecule has 0 spiro atoms. The molecular formula is C17H31N5O5. The first kappa shape index (κ1) is 24.5. The first-order valence-electron chi connectivity index (χ1n) is 9.10. The number of aliphatic carboxylic acids is 1. The minimum Gasteiger partial charge on any atom is -0.481 e. The Morgan fingerprint density at radius 1 is 1.04 bits per heavy atom. The van der Waals surface area contributed by atoms with Crippen molar-refractivity contribution in [2.45, 2.75) is 63.8 Å². The van der Waals surface area contributed by atoms with Crippen LogP contribution in [0.5, 0.6) is 0 Å². The predicted octanol–water partition coefficient (Wildman–Crippen LogP) is -0.263. The van der Waals surface area contributed by atoms with Crippen molar-refractivity contribution < 1.29 is 24.3 Å². The molecule has 0 unspecified atom stereocenters. The van der Waals surface area contributed by atoms with Crippen LogP contribution in [0.4, 0.5) is 0 Å². The summed E-state index contributed by atoms with van der Waals surface area (Å²) in [4.78, 5) is 50.5. The second-order valence-electron chi connectivity index (χ2n) is 6.22. The van der Waals surface area contributed by atoms with Crippen LogP contribution in [0.1, 0.15) is 57.8 Å². The highest BCUT2D eigenvalue weighted by molar-refractivity contribution is 5.99. The molecule has 0 aliphatic rings. The molecule has 0 aliphatic heterocycles. The Kier molecular flexibility index (Phi) is 13.3. The molecule has 0 radical (unpaired) electrons. The third-order valence-corrected chi connectivity index (χ3v) is 3.84. The van der Waals surface area contributed by atoms with Gasteiger partial charge in [-0.15, -0.1) is 0 Å². The Morgan fingerprint density at radius 2 is 1.63 bits per heavy atom. The van der Waals surface area contributed by atoms with Crippen LogP contribution in [0.3, 0.4) is 0 Å². The van der Waals surface area contributed by atoms with Crippen LogP contribution in [0, 0.1) is 0 Å². The van der Waals surface area contributed by atoms with E-state index >= 15 is 0 Å². The second-order valence-corrected chi connectivity index (χ2v) is 6.22. The highest BCUT2D eigenvalue weighted by atomic mass is 16.4. The minimum atomic E-state index is -1.30. The number of imide groups is 1. The van der Waals surface area contributed by atoms with Crippen molar-refractivity contribution in [3.05, 3.63) is 0 Å². The van der Waals surface area contributed by atoms with Crippen molar-refractivity contribution in [2.24, 2.45) is 22.2 Å². The first-order valence-corrected chi connectivity index (χ1v) is 9.10. The van der Waals surface area contributed by atoms with Gasteiger partial charge in [-0.05, 0) is 12.8 Å². The number of guanidine groups is 1. The number of nitrogens with two attached hydrogens (primary N) is 3. The number of aliphatic imine (C=N–C) groups is 1. The molecule has 7 N–H and O–H groups in total. The number of hydrogen-bond acceptors (Lipinski definition) is 6. The van der Waals surface area contributed by atoms with Gasteiger partial charge in [-0.25, -0.2) is 0 Å². The van der Waals surface area contributed by atoms with Gasteiger partial charge in [0.1, 0.15) is 6.29 Å². The van der Waals surface area contributed by atoms with Gasteiger partial charge in [-0.3, -0.25) is 24.3 Å². The number of carbonyl (C=O) groups excluding carboxylic acids is 3. The average Bonchev–Trinajstić information content (AvgIpc) is 2.59. The summed E-state index contributed by atoms with van der Waals surface area (Å²) in [6.45, 7) is 0.518. The molecule has 27 heavy (non-hydrogen) atoms. The maximum atomic E-state index is 12.3. The van der Waals surface area contributed by atoms with Gasteiger partial charge in [0.15, 0.2) is 5.96 Å². The molecule has 10 heteroatoms. The topological polar surface area (TPSA) is 182 Å². The number of carboxylic acid groups (broad SMARTS) is 1. The highest BCUT2D eigenvalue weighted by Gasteiger charge is 2.27. The lowest BCUT2D eigenvalue weighted by Gasteiger charge is -2.22. The van der Waals surface area contributed by atoms with Crippen LogP contribution in [0.25, 0.3) is 0 Å². The Bertz CT molecular complexity index is 520. The zero-order chi connectivity index (χ0) is 20.7. The first-order chi connectivity index (χ1) is 12.8. The van der Waals surface area contributed by atoms with Crippen LogP contribution < -0.4 is 17.2 Å². The van der Waals surface area contributed by atoms with E-state index in [1.807, 2.05) is 0 Å². The number of amides is 2. The molecular weight excluding hydrogens is 354 g/mol. The third-order valence-electron chi connectivity index (χ3n) is 3.84. The fourth-order valence-corrected chi connectivity index (χ4v) is 2.45. The lowest BCUT2D eigenvalue weighted by molar-refractivity contribution is -0.148. The van der Waals surface area contributed by atoms with E-state index in [4.69, 9.17) is 22.3 Å². The van der Waals surface area contributed by atoms with Crippen LogP contribution in [-0.4, -0.2) is 59.2 Å². The number of rotatable bonds is 15. The van der Waals surface area contributed by atoms with E-state index < -0.39 is 30.2 Å². The van der Waals surface area contributed by atoms with Crippen LogP contribution in [0.15, 0.2) is 4.99 Å². The standard InChI is InChI=1S/C17H31N5O5/c18-13(12-15(25)26)16(27)22(10-7-11-23)14(24)8-5-3-1-2-4-6-9-21-17(19)20/h11,13H,1-10,12,18H2,(H,25,26)(H4,19,20,21)/t13-/m0/s1. The number of nitrogens with zero attached hydrogens (tertiary/aromatic N) is 2. The molecule has 0 saturated carbocycles. The molecule has 0 saturated heterocycles. The summed E-state index contributed by atoms with van der Waals surface area (Å²) in [5, 5.41) is 8.72. The van der Waals surface area contributed by atoms with E-state index in [-0.39, 0.29) is 25.3 Å². The fraction of sp³-hybridized carbons (Fsp3) is 0.706. The zero-order valence-corrected chi connectivity index (χ0v) is 15.6. The third kappa shape index (κ3) is 12.5. The summed E-state index contributed by atoms with van der Waals surface area (Å²) >= 11 is 0. The molecule has 0 aromatic carbocycles. The fourth-order valence-electron chi connectivity index (χ4n) is 2.45. The van der Waals surface area contributed by atoms with Gasteiger partial charge in [0.25, 0.3) is 0 Å². The van der Waals surface area contributed by atoms with Crippen molar-refractivity contribution >= 4 is 30.0 Å².